The maximum absolute atomic E-state index is 11.3. The third-order valence-electron chi connectivity index (χ3n) is 3.36. The summed E-state index contributed by atoms with van der Waals surface area (Å²) in [5.41, 5.74) is -0.144. The third kappa shape index (κ3) is 2.87. The van der Waals surface area contributed by atoms with E-state index in [1.54, 1.807) is 12.1 Å². The molecule has 0 amide bonds. The molecule has 1 saturated heterocycles. The van der Waals surface area contributed by atoms with Crippen molar-refractivity contribution in [1.29, 1.82) is 0 Å². The average Bonchev–Trinajstić information content (AvgIpc) is 2.46. The highest BCUT2D eigenvalue weighted by Gasteiger charge is 2.29. The van der Waals surface area contributed by atoms with Gasteiger partial charge in [0.15, 0.2) is 0 Å². The first-order chi connectivity index (χ1) is 9.54. The van der Waals surface area contributed by atoms with Gasteiger partial charge in [-0.15, -0.1) is 0 Å². The van der Waals surface area contributed by atoms with Crippen molar-refractivity contribution >= 4 is 29.1 Å². The van der Waals surface area contributed by atoms with Crippen molar-refractivity contribution in [2.75, 3.05) is 23.7 Å². The summed E-state index contributed by atoms with van der Waals surface area (Å²) in [7, 11) is 0. The van der Waals surface area contributed by atoms with E-state index >= 15 is 0 Å². The van der Waals surface area contributed by atoms with Gasteiger partial charge >= 0.3 is 11.7 Å². The Morgan fingerprint density at radius 2 is 2.35 bits per heavy atom. The van der Waals surface area contributed by atoms with Gasteiger partial charge in [-0.25, -0.2) is 4.79 Å². The van der Waals surface area contributed by atoms with Crippen molar-refractivity contribution in [3.05, 3.63) is 33.9 Å². The van der Waals surface area contributed by atoms with E-state index in [9.17, 15) is 14.9 Å². The summed E-state index contributed by atoms with van der Waals surface area (Å²) >= 11 is 1.86. The molecular weight excluding hydrogens is 280 g/mol. The molecule has 1 aliphatic rings. The van der Waals surface area contributed by atoms with E-state index in [0.717, 1.165) is 12.2 Å². The number of hydrogen-bond donors (Lipinski definition) is 1. The predicted molar refractivity (Wildman–Crippen MR) is 78.8 cm³/mol. The molecule has 1 aromatic rings. The van der Waals surface area contributed by atoms with E-state index in [1.807, 2.05) is 16.7 Å². The van der Waals surface area contributed by atoms with Crippen LogP contribution in [0, 0.1) is 10.1 Å². The summed E-state index contributed by atoms with van der Waals surface area (Å²) in [6.45, 7) is 3.50. The van der Waals surface area contributed by atoms with Crippen LogP contribution in [0.1, 0.15) is 23.7 Å². The Labute approximate surface area is 120 Å². The molecule has 0 spiro atoms. The number of hydrogen-bond acceptors (Lipinski definition) is 5. The number of carboxylic acid groups (broad SMARTS) is 1. The number of nitrogens with zero attached hydrogens (tertiary/aromatic N) is 2. The molecule has 0 aliphatic carbocycles. The number of nitro benzene ring substituents is 1. The van der Waals surface area contributed by atoms with Gasteiger partial charge in [0, 0.05) is 24.1 Å². The number of carbonyl (C=O) groups is 1. The van der Waals surface area contributed by atoms with E-state index in [0.29, 0.717) is 24.0 Å². The van der Waals surface area contributed by atoms with Gasteiger partial charge in [0.25, 0.3) is 0 Å². The Kier molecular flexibility index (Phi) is 4.49. The van der Waals surface area contributed by atoms with Crippen molar-refractivity contribution in [1.82, 2.24) is 0 Å². The maximum Gasteiger partial charge on any atom is 0.342 e. The first-order valence-corrected chi connectivity index (χ1v) is 7.46. The maximum atomic E-state index is 11.3. The number of aromatic carboxylic acids is 1. The molecule has 0 saturated carbocycles. The molecule has 7 heteroatoms. The SMILES string of the molecule is CCC1CN(c2cccc(C(=O)O)c2[N+](=O)[O-])CCS1. The van der Waals surface area contributed by atoms with Crippen LogP contribution in [0.15, 0.2) is 18.2 Å². The number of rotatable bonds is 4. The Bertz CT molecular complexity index is 535. The predicted octanol–water partition coefficient (Wildman–Crippen LogP) is 2.62. The second-order valence-corrected chi connectivity index (χ2v) is 5.99. The van der Waals surface area contributed by atoms with Gasteiger partial charge in [-0.1, -0.05) is 13.0 Å². The topological polar surface area (TPSA) is 83.7 Å². The molecule has 6 nitrogen and oxygen atoms in total. The second-order valence-electron chi connectivity index (χ2n) is 4.58. The van der Waals surface area contributed by atoms with Crippen molar-refractivity contribution in [3.8, 4) is 0 Å². The van der Waals surface area contributed by atoms with Gasteiger partial charge in [0.2, 0.25) is 0 Å². The zero-order chi connectivity index (χ0) is 14.7. The summed E-state index contributed by atoms with van der Waals surface area (Å²) in [6.07, 6.45) is 0.994. The highest BCUT2D eigenvalue weighted by Crippen LogP contribution is 2.34. The summed E-state index contributed by atoms with van der Waals surface area (Å²) in [5.74, 6) is -0.371. The molecule has 1 unspecified atom stereocenters. The molecule has 0 radical (unpaired) electrons. The van der Waals surface area contributed by atoms with Crippen LogP contribution in [0.5, 0.6) is 0 Å². The molecule has 1 aliphatic heterocycles. The van der Waals surface area contributed by atoms with Gasteiger partial charge in [0.1, 0.15) is 11.3 Å². The molecule has 1 aromatic carbocycles. The number of anilines is 1. The Morgan fingerprint density at radius 3 is 2.95 bits per heavy atom. The van der Waals surface area contributed by atoms with Gasteiger partial charge in [-0.05, 0) is 18.6 Å². The fraction of sp³-hybridized carbons (Fsp3) is 0.462. The first-order valence-electron chi connectivity index (χ1n) is 6.41. The van der Waals surface area contributed by atoms with Crippen LogP contribution >= 0.6 is 11.8 Å². The van der Waals surface area contributed by atoms with Crippen LogP contribution in [0.2, 0.25) is 0 Å². The smallest absolute Gasteiger partial charge is 0.342 e. The quantitative estimate of drug-likeness (QED) is 0.679. The Hall–Kier alpha value is -1.76. The fourth-order valence-corrected chi connectivity index (χ4v) is 3.52. The summed E-state index contributed by atoms with van der Waals surface area (Å²) in [5, 5.41) is 20.8. The van der Waals surface area contributed by atoms with Crippen molar-refractivity contribution < 1.29 is 14.8 Å². The lowest BCUT2D eigenvalue weighted by atomic mass is 10.1. The lowest BCUT2D eigenvalue weighted by Gasteiger charge is -2.33. The minimum atomic E-state index is -1.27. The molecule has 1 fully saturated rings. The van der Waals surface area contributed by atoms with Crippen molar-refractivity contribution in [2.45, 2.75) is 18.6 Å². The van der Waals surface area contributed by atoms with Gasteiger partial charge < -0.3 is 10.0 Å². The van der Waals surface area contributed by atoms with E-state index in [2.05, 4.69) is 6.92 Å². The molecule has 0 bridgehead atoms. The summed E-state index contributed by atoms with van der Waals surface area (Å²) in [6, 6.07) is 4.47. The minimum Gasteiger partial charge on any atom is -0.477 e. The number of nitro groups is 1. The van der Waals surface area contributed by atoms with Crippen LogP contribution in [0.4, 0.5) is 11.4 Å². The van der Waals surface area contributed by atoms with Gasteiger partial charge in [-0.3, -0.25) is 10.1 Å². The third-order valence-corrected chi connectivity index (χ3v) is 4.73. The van der Waals surface area contributed by atoms with Crippen LogP contribution in [0.25, 0.3) is 0 Å². The Balaban J connectivity index is 2.43. The Morgan fingerprint density at radius 1 is 1.60 bits per heavy atom. The molecular formula is C13H16N2O4S. The normalized spacial score (nSPS) is 18.9. The number of carboxylic acids is 1. The number of para-hydroxylation sites is 1. The monoisotopic (exact) mass is 296 g/mol. The lowest BCUT2D eigenvalue weighted by Crippen LogP contribution is -2.38. The van der Waals surface area contributed by atoms with E-state index in [4.69, 9.17) is 5.11 Å². The summed E-state index contributed by atoms with van der Waals surface area (Å²) < 4.78 is 0. The van der Waals surface area contributed by atoms with E-state index in [1.165, 1.54) is 6.07 Å². The number of benzene rings is 1. The van der Waals surface area contributed by atoms with Crippen LogP contribution < -0.4 is 4.90 Å². The molecule has 1 N–H and O–H groups in total. The first kappa shape index (κ1) is 14.6. The molecule has 20 heavy (non-hydrogen) atoms. The molecule has 2 rings (SSSR count). The summed E-state index contributed by atoms with van der Waals surface area (Å²) in [4.78, 5) is 23.7. The standard InChI is InChI=1S/C13H16N2O4S/c1-2-9-8-14(6-7-20-9)11-5-3-4-10(13(16)17)12(11)15(18)19/h3-5,9H,2,6-8H2,1H3,(H,16,17). The molecule has 1 heterocycles. The largest absolute Gasteiger partial charge is 0.477 e. The average molecular weight is 296 g/mol. The second kappa shape index (κ2) is 6.13. The van der Waals surface area contributed by atoms with E-state index in [-0.39, 0.29) is 11.3 Å². The molecule has 1 atom stereocenters. The minimum absolute atomic E-state index is 0.251. The highest BCUT2D eigenvalue weighted by atomic mass is 32.2. The zero-order valence-electron chi connectivity index (χ0n) is 11.1. The van der Waals surface area contributed by atoms with Gasteiger partial charge in [-0.2, -0.15) is 11.8 Å². The van der Waals surface area contributed by atoms with Crippen molar-refractivity contribution in [2.24, 2.45) is 0 Å². The van der Waals surface area contributed by atoms with Crippen LogP contribution in [-0.2, 0) is 0 Å². The zero-order valence-corrected chi connectivity index (χ0v) is 11.9. The number of thioether (sulfide) groups is 1. The van der Waals surface area contributed by atoms with Crippen LogP contribution in [-0.4, -0.2) is 40.1 Å². The highest BCUT2D eigenvalue weighted by molar-refractivity contribution is 8.00. The van der Waals surface area contributed by atoms with Crippen molar-refractivity contribution in [3.63, 3.8) is 0 Å². The molecule has 108 valence electrons. The lowest BCUT2D eigenvalue weighted by molar-refractivity contribution is -0.384. The fourth-order valence-electron chi connectivity index (χ4n) is 2.34. The van der Waals surface area contributed by atoms with Crippen LogP contribution in [0.3, 0.4) is 0 Å². The molecule has 0 aromatic heterocycles. The van der Waals surface area contributed by atoms with E-state index < -0.39 is 10.9 Å². The van der Waals surface area contributed by atoms with Gasteiger partial charge in [0.05, 0.1) is 4.92 Å².